The van der Waals surface area contributed by atoms with E-state index in [0.717, 1.165) is 45.2 Å². The van der Waals surface area contributed by atoms with Crippen LogP contribution >= 0.6 is 12.4 Å². The van der Waals surface area contributed by atoms with Gasteiger partial charge in [0, 0.05) is 37.9 Å². The van der Waals surface area contributed by atoms with Gasteiger partial charge >= 0.3 is 0 Å². The summed E-state index contributed by atoms with van der Waals surface area (Å²) in [5.41, 5.74) is 7.29. The molecule has 0 amide bonds. The molecule has 1 unspecified atom stereocenters. The summed E-state index contributed by atoms with van der Waals surface area (Å²) in [6.45, 7) is 2.12. The monoisotopic (exact) mass is 591 g/mol. The minimum atomic E-state index is -3.01. The van der Waals surface area contributed by atoms with Crippen molar-refractivity contribution in [2.75, 3.05) is 35.0 Å². The summed E-state index contributed by atoms with van der Waals surface area (Å²) in [7, 11) is 0.884. The maximum absolute atomic E-state index is 11.5. The van der Waals surface area contributed by atoms with Crippen molar-refractivity contribution in [3.8, 4) is 11.3 Å². The SMILES string of the molecule is CNc1ccc2c(nc(NC(C)c3ccccc3)n2C)c1-c1ccnc(Nc2ccc(CCS(C)(=O)=O)cc2)n1.Cl. The van der Waals surface area contributed by atoms with Crippen LogP contribution in [0.4, 0.5) is 23.3 Å². The Morgan fingerprint density at radius 1 is 0.951 bits per heavy atom. The minimum absolute atomic E-state index is 0. The largest absolute Gasteiger partial charge is 0.388 e. The fourth-order valence-electron chi connectivity index (χ4n) is 4.62. The number of imidazole rings is 1. The average molecular weight is 592 g/mol. The third-order valence-corrected chi connectivity index (χ3v) is 7.80. The molecule has 0 radical (unpaired) electrons. The summed E-state index contributed by atoms with van der Waals surface area (Å²) in [6, 6.07) is 24.0. The van der Waals surface area contributed by atoms with E-state index in [2.05, 4.69) is 50.6 Å². The number of rotatable bonds is 10. The molecule has 1 atom stereocenters. The highest BCUT2D eigenvalue weighted by atomic mass is 35.5. The minimum Gasteiger partial charge on any atom is -0.388 e. The normalized spacial score (nSPS) is 12.0. The number of hydrogen-bond acceptors (Lipinski definition) is 8. The predicted molar refractivity (Wildman–Crippen MR) is 170 cm³/mol. The number of anilines is 4. The molecule has 214 valence electrons. The molecule has 0 aliphatic heterocycles. The Kier molecular flexibility index (Phi) is 9.14. The lowest BCUT2D eigenvalue weighted by atomic mass is 10.1. The Bertz CT molecular complexity index is 1740. The fraction of sp³-hybridized carbons (Fsp3) is 0.233. The zero-order chi connectivity index (χ0) is 28.3. The lowest BCUT2D eigenvalue weighted by molar-refractivity contribution is 0.601. The van der Waals surface area contributed by atoms with E-state index < -0.39 is 9.84 Å². The maximum atomic E-state index is 11.5. The van der Waals surface area contributed by atoms with Gasteiger partial charge in [0.2, 0.25) is 11.9 Å². The molecule has 0 aliphatic rings. The van der Waals surface area contributed by atoms with Crippen LogP contribution in [0.5, 0.6) is 0 Å². The molecule has 3 N–H and O–H groups in total. The van der Waals surface area contributed by atoms with Crippen LogP contribution < -0.4 is 16.0 Å². The summed E-state index contributed by atoms with van der Waals surface area (Å²) < 4.78 is 25.0. The van der Waals surface area contributed by atoms with Gasteiger partial charge in [0.15, 0.2) is 0 Å². The van der Waals surface area contributed by atoms with Gasteiger partial charge in [0.05, 0.1) is 28.6 Å². The highest BCUT2D eigenvalue weighted by Crippen LogP contribution is 2.36. The summed E-state index contributed by atoms with van der Waals surface area (Å²) >= 11 is 0. The quantitative estimate of drug-likeness (QED) is 0.181. The molecule has 0 bridgehead atoms. The topological polar surface area (TPSA) is 114 Å². The first kappa shape index (κ1) is 29.8. The summed E-state index contributed by atoms with van der Waals surface area (Å²) in [5, 5.41) is 10.1. The highest BCUT2D eigenvalue weighted by Gasteiger charge is 2.19. The van der Waals surface area contributed by atoms with E-state index in [1.807, 2.05) is 68.7 Å². The number of sulfone groups is 1. The first-order chi connectivity index (χ1) is 19.2. The van der Waals surface area contributed by atoms with E-state index in [-0.39, 0.29) is 24.2 Å². The molecule has 5 aromatic rings. The number of benzene rings is 3. The molecule has 5 rings (SSSR count). The van der Waals surface area contributed by atoms with Gasteiger partial charge in [-0.1, -0.05) is 42.5 Å². The Morgan fingerprint density at radius 2 is 1.68 bits per heavy atom. The van der Waals surface area contributed by atoms with Crippen LogP contribution in [0.15, 0.2) is 79.0 Å². The molecule has 9 nitrogen and oxygen atoms in total. The molecule has 0 spiro atoms. The molecule has 11 heteroatoms. The molecule has 3 aromatic carbocycles. The Hall–Kier alpha value is -4.15. The highest BCUT2D eigenvalue weighted by molar-refractivity contribution is 7.90. The predicted octanol–water partition coefficient (Wildman–Crippen LogP) is 6.00. The van der Waals surface area contributed by atoms with Gasteiger partial charge < -0.3 is 20.5 Å². The van der Waals surface area contributed by atoms with Crippen molar-refractivity contribution in [3.05, 3.63) is 90.1 Å². The molecule has 0 fully saturated rings. The molecule has 2 aromatic heterocycles. The standard InChI is InChI=1S/C30H33N7O2S.ClH/c1-20(22-8-6-5-7-9-22)33-30-36-28-26(37(30)3)15-14-24(31-2)27(28)25-16-18-32-29(35-25)34-23-12-10-21(11-13-23)17-19-40(4,38)39;/h5-16,18,20,31H,17,19H2,1-4H3,(H,33,36)(H,32,34,35);1H. The van der Waals surface area contributed by atoms with Crippen molar-refractivity contribution in [1.29, 1.82) is 0 Å². The third-order valence-electron chi connectivity index (χ3n) is 6.85. The van der Waals surface area contributed by atoms with Crippen LogP contribution in [-0.2, 0) is 23.3 Å². The van der Waals surface area contributed by atoms with Crippen LogP contribution in [-0.4, -0.2) is 47.0 Å². The van der Waals surface area contributed by atoms with E-state index in [1.54, 1.807) is 6.20 Å². The molecule has 0 aliphatic carbocycles. The Balaban J connectivity index is 0.00000387. The molecular formula is C30H34ClN7O2S. The second-order valence-electron chi connectivity index (χ2n) is 9.84. The van der Waals surface area contributed by atoms with Crippen molar-refractivity contribution in [1.82, 2.24) is 19.5 Å². The van der Waals surface area contributed by atoms with Crippen LogP contribution in [0.2, 0.25) is 0 Å². The molecule has 0 saturated heterocycles. The van der Waals surface area contributed by atoms with Gasteiger partial charge in [-0.2, -0.15) is 0 Å². The van der Waals surface area contributed by atoms with Gasteiger partial charge in [-0.25, -0.2) is 23.4 Å². The van der Waals surface area contributed by atoms with Crippen molar-refractivity contribution < 1.29 is 8.42 Å². The maximum Gasteiger partial charge on any atom is 0.227 e. The van der Waals surface area contributed by atoms with Crippen molar-refractivity contribution in [2.24, 2.45) is 7.05 Å². The summed E-state index contributed by atoms with van der Waals surface area (Å²) in [6.07, 6.45) is 3.46. The van der Waals surface area contributed by atoms with E-state index in [9.17, 15) is 8.42 Å². The van der Waals surface area contributed by atoms with Crippen LogP contribution in [0.3, 0.4) is 0 Å². The molecule has 2 heterocycles. The summed E-state index contributed by atoms with van der Waals surface area (Å²) in [4.78, 5) is 14.3. The molecule has 41 heavy (non-hydrogen) atoms. The smallest absolute Gasteiger partial charge is 0.227 e. The molecule has 0 saturated carbocycles. The van der Waals surface area contributed by atoms with Crippen molar-refractivity contribution in [3.63, 3.8) is 0 Å². The number of fused-ring (bicyclic) bond motifs is 1. The van der Waals surface area contributed by atoms with Gasteiger partial charge in [0.25, 0.3) is 0 Å². The average Bonchev–Trinajstić information content (AvgIpc) is 3.27. The van der Waals surface area contributed by atoms with Crippen molar-refractivity contribution >= 4 is 56.5 Å². The Morgan fingerprint density at radius 3 is 2.37 bits per heavy atom. The van der Waals surface area contributed by atoms with Crippen LogP contribution in [0, 0.1) is 0 Å². The summed E-state index contributed by atoms with van der Waals surface area (Å²) in [5.74, 6) is 1.34. The number of aryl methyl sites for hydroxylation is 2. The van der Waals surface area contributed by atoms with Crippen LogP contribution in [0.1, 0.15) is 24.1 Å². The fourth-order valence-corrected chi connectivity index (χ4v) is 5.23. The van der Waals surface area contributed by atoms with E-state index >= 15 is 0 Å². The van der Waals surface area contributed by atoms with Crippen molar-refractivity contribution in [2.45, 2.75) is 19.4 Å². The van der Waals surface area contributed by atoms with E-state index in [0.29, 0.717) is 12.4 Å². The number of hydrogen-bond donors (Lipinski definition) is 3. The zero-order valence-electron chi connectivity index (χ0n) is 23.4. The first-order valence-electron chi connectivity index (χ1n) is 13.1. The number of nitrogens with one attached hydrogen (secondary N) is 3. The van der Waals surface area contributed by atoms with Gasteiger partial charge in [-0.15, -0.1) is 12.4 Å². The van der Waals surface area contributed by atoms with Gasteiger partial charge in [-0.3, -0.25) is 0 Å². The number of aromatic nitrogens is 4. The third kappa shape index (κ3) is 6.96. The van der Waals surface area contributed by atoms with E-state index in [1.165, 1.54) is 11.8 Å². The number of nitrogens with zero attached hydrogens (tertiary/aromatic N) is 4. The van der Waals surface area contributed by atoms with Gasteiger partial charge in [-0.05, 0) is 54.8 Å². The lowest BCUT2D eigenvalue weighted by Crippen LogP contribution is -2.10. The van der Waals surface area contributed by atoms with Gasteiger partial charge in [0.1, 0.15) is 15.4 Å². The zero-order valence-corrected chi connectivity index (χ0v) is 25.1. The first-order valence-corrected chi connectivity index (χ1v) is 15.1. The molecular weight excluding hydrogens is 558 g/mol. The number of halogens is 1. The lowest BCUT2D eigenvalue weighted by Gasteiger charge is -2.14. The van der Waals surface area contributed by atoms with Crippen LogP contribution in [0.25, 0.3) is 22.3 Å². The second kappa shape index (κ2) is 12.6. The second-order valence-corrected chi connectivity index (χ2v) is 12.1. The Labute approximate surface area is 246 Å². The van der Waals surface area contributed by atoms with E-state index in [4.69, 9.17) is 9.97 Å².